The first-order chi connectivity index (χ1) is 5.24. The molecule has 0 spiro atoms. The molecule has 0 heterocycles. The molecule has 2 unspecified atom stereocenters. The van der Waals surface area contributed by atoms with Gasteiger partial charge >= 0.3 is 0 Å². The van der Waals surface area contributed by atoms with Crippen molar-refractivity contribution in [1.82, 2.24) is 0 Å². The predicted octanol–water partition coefficient (Wildman–Crippen LogP) is 1.41. The minimum absolute atomic E-state index is 0.196. The molecule has 2 heteroatoms. The van der Waals surface area contributed by atoms with E-state index in [1.165, 1.54) is 0 Å². The van der Waals surface area contributed by atoms with E-state index < -0.39 is 0 Å². The first-order valence-corrected chi connectivity index (χ1v) is 4.46. The first kappa shape index (κ1) is 10.9. The van der Waals surface area contributed by atoms with Gasteiger partial charge in [-0.2, -0.15) is 0 Å². The lowest BCUT2D eigenvalue weighted by molar-refractivity contribution is 0.164. The van der Waals surface area contributed by atoms with E-state index in [0.717, 1.165) is 19.3 Å². The molecule has 0 aliphatic rings. The van der Waals surface area contributed by atoms with Crippen molar-refractivity contribution in [2.75, 3.05) is 13.2 Å². The van der Waals surface area contributed by atoms with Crippen LogP contribution in [0.3, 0.4) is 0 Å². The Bertz CT molecular complexity index is 83.6. The van der Waals surface area contributed by atoms with Crippen molar-refractivity contribution < 1.29 is 10.2 Å². The fourth-order valence-corrected chi connectivity index (χ4v) is 1.20. The van der Waals surface area contributed by atoms with Crippen LogP contribution in [-0.4, -0.2) is 23.4 Å². The number of hydrogen-bond acceptors (Lipinski definition) is 2. The standard InChI is InChI=1S/C9H20O2/c1-3-8(2)6-9(7-11)4-5-10/h8-11H,3-7H2,1-2H3. The molecular formula is C9H20O2. The van der Waals surface area contributed by atoms with Gasteiger partial charge in [-0.15, -0.1) is 0 Å². The van der Waals surface area contributed by atoms with E-state index in [1.807, 2.05) is 0 Å². The van der Waals surface area contributed by atoms with Gasteiger partial charge < -0.3 is 10.2 Å². The minimum Gasteiger partial charge on any atom is -0.396 e. The van der Waals surface area contributed by atoms with Crippen LogP contribution in [0.1, 0.15) is 33.1 Å². The van der Waals surface area contributed by atoms with Crippen LogP contribution in [0, 0.1) is 11.8 Å². The van der Waals surface area contributed by atoms with Crippen molar-refractivity contribution in [3.8, 4) is 0 Å². The highest BCUT2D eigenvalue weighted by molar-refractivity contribution is 4.61. The van der Waals surface area contributed by atoms with E-state index in [-0.39, 0.29) is 13.2 Å². The highest BCUT2D eigenvalue weighted by Gasteiger charge is 2.09. The third kappa shape index (κ3) is 5.22. The lowest BCUT2D eigenvalue weighted by atomic mass is 9.92. The molecule has 0 aromatic rings. The second kappa shape index (κ2) is 6.62. The summed E-state index contributed by atoms with van der Waals surface area (Å²) in [4.78, 5) is 0. The van der Waals surface area contributed by atoms with Crippen molar-refractivity contribution in [1.29, 1.82) is 0 Å². The molecule has 0 rings (SSSR count). The van der Waals surface area contributed by atoms with E-state index in [2.05, 4.69) is 13.8 Å². The molecule has 0 aliphatic heterocycles. The summed E-state index contributed by atoms with van der Waals surface area (Å²) in [5.41, 5.74) is 0. The van der Waals surface area contributed by atoms with Gasteiger partial charge in [0.2, 0.25) is 0 Å². The summed E-state index contributed by atoms with van der Waals surface area (Å²) in [6.45, 7) is 4.74. The van der Waals surface area contributed by atoms with Gasteiger partial charge in [0.15, 0.2) is 0 Å². The van der Waals surface area contributed by atoms with Crippen molar-refractivity contribution in [2.24, 2.45) is 11.8 Å². The molecule has 0 aromatic carbocycles. The molecule has 0 radical (unpaired) electrons. The maximum Gasteiger partial charge on any atom is 0.0460 e. The van der Waals surface area contributed by atoms with Crippen LogP contribution in [0.5, 0.6) is 0 Å². The number of aliphatic hydroxyl groups is 2. The van der Waals surface area contributed by atoms with Crippen molar-refractivity contribution in [3.63, 3.8) is 0 Å². The summed E-state index contributed by atoms with van der Waals surface area (Å²) in [5, 5.41) is 17.5. The van der Waals surface area contributed by atoms with E-state index >= 15 is 0 Å². The molecule has 0 aromatic heterocycles. The number of hydrogen-bond donors (Lipinski definition) is 2. The summed E-state index contributed by atoms with van der Waals surface area (Å²) in [5.74, 6) is 0.966. The summed E-state index contributed by atoms with van der Waals surface area (Å²) >= 11 is 0. The lowest BCUT2D eigenvalue weighted by Gasteiger charge is -2.16. The van der Waals surface area contributed by atoms with Gasteiger partial charge in [-0.3, -0.25) is 0 Å². The van der Waals surface area contributed by atoms with E-state index in [9.17, 15) is 0 Å². The summed E-state index contributed by atoms with van der Waals surface area (Å²) in [7, 11) is 0. The quantitative estimate of drug-likeness (QED) is 0.617. The monoisotopic (exact) mass is 160 g/mol. The molecule has 0 fully saturated rings. The van der Waals surface area contributed by atoms with Gasteiger partial charge in [-0.05, 0) is 24.7 Å². The van der Waals surface area contributed by atoms with Gasteiger partial charge in [0.25, 0.3) is 0 Å². The molecule has 0 aliphatic carbocycles. The zero-order valence-corrected chi connectivity index (χ0v) is 7.58. The maximum absolute atomic E-state index is 8.89. The van der Waals surface area contributed by atoms with Crippen LogP contribution < -0.4 is 0 Å². The van der Waals surface area contributed by atoms with Gasteiger partial charge in [0, 0.05) is 13.2 Å². The average Bonchev–Trinajstić information content (AvgIpc) is 2.03. The molecule has 2 atom stereocenters. The van der Waals surface area contributed by atoms with E-state index in [1.54, 1.807) is 0 Å². The van der Waals surface area contributed by atoms with Crippen LogP contribution in [0.4, 0.5) is 0 Å². The summed E-state index contributed by atoms with van der Waals surface area (Å²) < 4.78 is 0. The summed E-state index contributed by atoms with van der Waals surface area (Å²) in [6.07, 6.45) is 2.93. The third-order valence-electron chi connectivity index (χ3n) is 2.23. The number of rotatable bonds is 6. The smallest absolute Gasteiger partial charge is 0.0460 e. The first-order valence-electron chi connectivity index (χ1n) is 4.46. The third-order valence-corrected chi connectivity index (χ3v) is 2.23. The molecule has 0 amide bonds. The van der Waals surface area contributed by atoms with Gasteiger partial charge in [0.05, 0.1) is 0 Å². The molecule has 0 saturated carbocycles. The summed E-state index contributed by atoms with van der Waals surface area (Å²) in [6, 6.07) is 0. The van der Waals surface area contributed by atoms with E-state index in [4.69, 9.17) is 10.2 Å². The Morgan fingerprint density at radius 3 is 2.27 bits per heavy atom. The van der Waals surface area contributed by atoms with Gasteiger partial charge in [0.1, 0.15) is 0 Å². The van der Waals surface area contributed by atoms with Crippen molar-refractivity contribution >= 4 is 0 Å². The Morgan fingerprint density at radius 1 is 1.27 bits per heavy atom. The molecule has 2 nitrogen and oxygen atoms in total. The Labute approximate surface area is 69.2 Å². The predicted molar refractivity (Wildman–Crippen MR) is 46.4 cm³/mol. The van der Waals surface area contributed by atoms with Crippen LogP contribution in [0.2, 0.25) is 0 Å². The lowest BCUT2D eigenvalue weighted by Crippen LogP contribution is -2.12. The number of aliphatic hydroxyl groups excluding tert-OH is 2. The largest absolute Gasteiger partial charge is 0.396 e. The Morgan fingerprint density at radius 2 is 1.91 bits per heavy atom. The van der Waals surface area contributed by atoms with Gasteiger partial charge in [-0.1, -0.05) is 20.3 Å². The van der Waals surface area contributed by atoms with Gasteiger partial charge in [-0.25, -0.2) is 0 Å². The highest BCUT2D eigenvalue weighted by atomic mass is 16.3. The van der Waals surface area contributed by atoms with Crippen LogP contribution in [-0.2, 0) is 0 Å². The zero-order chi connectivity index (χ0) is 8.69. The molecule has 2 N–H and O–H groups in total. The molecule has 11 heavy (non-hydrogen) atoms. The SMILES string of the molecule is CCC(C)CC(CO)CCO. The minimum atomic E-state index is 0.196. The zero-order valence-electron chi connectivity index (χ0n) is 7.58. The van der Waals surface area contributed by atoms with Crippen molar-refractivity contribution in [2.45, 2.75) is 33.1 Å². The molecular weight excluding hydrogens is 140 g/mol. The van der Waals surface area contributed by atoms with Crippen LogP contribution >= 0.6 is 0 Å². The maximum atomic E-state index is 8.89. The fraction of sp³-hybridized carbons (Fsp3) is 1.00. The van der Waals surface area contributed by atoms with Crippen LogP contribution in [0.15, 0.2) is 0 Å². The second-order valence-corrected chi connectivity index (χ2v) is 3.31. The fourth-order valence-electron chi connectivity index (χ4n) is 1.20. The molecule has 0 bridgehead atoms. The Hall–Kier alpha value is -0.0800. The highest BCUT2D eigenvalue weighted by Crippen LogP contribution is 2.16. The Balaban J connectivity index is 3.49. The average molecular weight is 160 g/mol. The topological polar surface area (TPSA) is 40.5 Å². The second-order valence-electron chi connectivity index (χ2n) is 3.31. The van der Waals surface area contributed by atoms with Crippen LogP contribution in [0.25, 0.3) is 0 Å². The Kier molecular flexibility index (Phi) is 6.57. The van der Waals surface area contributed by atoms with Crippen molar-refractivity contribution in [3.05, 3.63) is 0 Å². The molecule has 68 valence electrons. The van der Waals surface area contributed by atoms with E-state index in [0.29, 0.717) is 11.8 Å². The normalized spacial score (nSPS) is 16.4. The molecule has 0 saturated heterocycles.